The fourth-order valence-corrected chi connectivity index (χ4v) is 1.41. The van der Waals surface area contributed by atoms with Crippen molar-refractivity contribution in [1.82, 2.24) is 0 Å². The van der Waals surface area contributed by atoms with Crippen LogP contribution in [0.5, 0.6) is 0 Å². The second kappa shape index (κ2) is 8.91. The number of carbonyl (C=O) groups excluding carboxylic acids is 1. The van der Waals surface area contributed by atoms with Crippen molar-refractivity contribution in [2.75, 3.05) is 39.2 Å². The zero-order chi connectivity index (χ0) is 9.23. The maximum Gasteiger partial charge on any atom is 0.309 e. The van der Waals surface area contributed by atoms with E-state index in [-0.39, 0.29) is 5.97 Å². The fraction of sp³-hybridized carbons (Fsp3) is 0.857. The average Bonchev–Trinajstić information content (AvgIpc) is 2.10. The second-order valence-electron chi connectivity index (χ2n) is 2.15. The Morgan fingerprint density at radius 2 is 2.25 bits per heavy atom. The van der Waals surface area contributed by atoms with Gasteiger partial charge in [0.15, 0.2) is 0 Å². The Morgan fingerprint density at radius 3 is 2.83 bits per heavy atom. The van der Waals surface area contributed by atoms with Crippen LogP contribution in [0.1, 0.15) is 0 Å². The van der Waals surface area contributed by atoms with E-state index >= 15 is 0 Å². The minimum Gasteiger partial charge on any atom is -0.469 e. The van der Waals surface area contributed by atoms with Crippen LogP contribution in [-0.2, 0) is 14.3 Å². The van der Waals surface area contributed by atoms with Gasteiger partial charge in [0.05, 0.1) is 26.5 Å². The molecule has 1 atom stereocenters. The van der Waals surface area contributed by atoms with Crippen LogP contribution in [0.3, 0.4) is 0 Å². The highest BCUT2D eigenvalue weighted by Gasteiger charge is 1.97. The minimum absolute atomic E-state index is 0.146. The van der Waals surface area contributed by atoms with Crippen LogP contribution in [-0.4, -0.2) is 45.2 Å². The van der Waals surface area contributed by atoms with Crippen LogP contribution in [0.15, 0.2) is 0 Å². The summed E-state index contributed by atoms with van der Waals surface area (Å²) in [7, 11) is 1.99. The summed E-state index contributed by atoms with van der Waals surface area (Å²) in [6.07, 6.45) is 1.41. The number of nitrogens with two attached hydrogens (primary N) is 1. The normalized spacial score (nSPS) is 10.8. The molecule has 1 unspecified atom stereocenters. The number of esters is 1. The molecule has 0 spiro atoms. The predicted molar refractivity (Wildman–Crippen MR) is 49.9 cm³/mol. The summed E-state index contributed by atoms with van der Waals surface area (Å²) in [5.41, 5.74) is 5.22. The molecule has 5 heteroatoms. The third-order valence-electron chi connectivity index (χ3n) is 1.18. The van der Waals surface area contributed by atoms with Gasteiger partial charge in [0, 0.05) is 6.54 Å². The van der Waals surface area contributed by atoms with Crippen LogP contribution in [0.2, 0.25) is 0 Å². The SMILES string of the molecule is COC(=O)CPCCOCCN. The van der Waals surface area contributed by atoms with Crippen LogP contribution >= 0.6 is 8.58 Å². The third kappa shape index (κ3) is 7.92. The average molecular weight is 193 g/mol. The summed E-state index contributed by atoms with van der Waals surface area (Å²) in [6, 6.07) is 0. The summed E-state index contributed by atoms with van der Waals surface area (Å²) in [6.45, 7) is 1.84. The molecule has 0 bridgehead atoms. The van der Waals surface area contributed by atoms with Crippen molar-refractivity contribution in [1.29, 1.82) is 0 Å². The molecule has 0 aliphatic heterocycles. The zero-order valence-electron chi connectivity index (χ0n) is 7.34. The Balaban J connectivity index is 2.95. The summed E-state index contributed by atoms with van der Waals surface area (Å²) >= 11 is 0. The van der Waals surface area contributed by atoms with E-state index in [1.807, 2.05) is 0 Å². The molecule has 0 aliphatic carbocycles. The van der Waals surface area contributed by atoms with Gasteiger partial charge in [-0.05, 0) is 6.16 Å². The van der Waals surface area contributed by atoms with Gasteiger partial charge in [-0.3, -0.25) is 4.79 Å². The summed E-state index contributed by atoms with van der Waals surface area (Å²) in [5, 5.41) is 0. The molecule has 0 rings (SSSR count). The van der Waals surface area contributed by atoms with Crippen molar-refractivity contribution >= 4 is 14.6 Å². The quantitative estimate of drug-likeness (QED) is 0.346. The number of hydrogen-bond acceptors (Lipinski definition) is 4. The number of hydrogen-bond donors (Lipinski definition) is 1. The van der Waals surface area contributed by atoms with E-state index < -0.39 is 0 Å². The van der Waals surface area contributed by atoms with Crippen molar-refractivity contribution in [3.63, 3.8) is 0 Å². The van der Waals surface area contributed by atoms with Crippen molar-refractivity contribution in [3.8, 4) is 0 Å². The maximum absolute atomic E-state index is 10.6. The van der Waals surface area contributed by atoms with Gasteiger partial charge < -0.3 is 15.2 Å². The highest BCUT2D eigenvalue weighted by atomic mass is 31.1. The standard InChI is InChI=1S/C7H16NO3P/c1-10-7(9)6-12-5-4-11-3-2-8/h12H,2-6,8H2,1H3. The Hall–Kier alpha value is -0.180. The van der Waals surface area contributed by atoms with Gasteiger partial charge in [0.25, 0.3) is 0 Å². The van der Waals surface area contributed by atoms with Crippen molar-refractivity contribution in [2.45, 2.75) is 0 Å². The van der Waals surface area contributed by atoms with Gasteiger partial charge in [0.1, 0.15) is 0 Å². The molecule has 0 saturated carbocycles. The van der Waals surface area contributed by atoms with E-state index in [4.69, 9.17) is 10.5 Å². The van der Waals surface area contributed by atoms with Crippen LogP contribution < -0.4 is 5.73 Å². The van der Waals surface area contributed by atoms with E-state index in [9.17, 15) is 4.79 Å². The lowest BCUT2D eigenvalue weighted by Gasteiger charge is -2.01. The van der Waals surface area contributed by atoms with E-state index in [0.29, 0.717) is 34.5 Å². The van der Waals surface area contributed by atoms with Crippen LogP contribution in [0, 0.1) is 0 Å². The lowest BCUT2D eigenvalue weighted by atomic mass is 10.7. The summed E-state index contributed by atoms with van der Waals surface area (Å²) < 4.78 is 9.61. The number of carbonyl (C=O) groups is 1. The lowest BCUT2D eigenvalue weighted by Crippen LogP contribution is -2.10. The smallest absolute Gasteiger partial charge is 0.309 e. The lowest BCUT2D eigenvalue weighted by molar-refractivity contribution is -0.137. The third-order valence-corrected chi connectivity index (χ3v) is 2.28. The van der Waals surface area contributed by atoms with Gasteiger partial charge in [-0.25, -0.2) is 0 Å². The molecule has 0 heterocycles. The molecule has 0 fully saturated rings. The first-order valence-electron chi connectivity index (χ1n) is 3.86. The molecule has 0 saturated heterocycles. The molecule has 72 valence electrons. The fourth-order valence-electron chi connectivity index (χ4n) is 0.592. The number of ether oxygens (including phenoxy) is 2. The van der Waals surface area contributed by atoms with Gasteiger partial charge >= 0.3 is 5.97 Å². The molecular formula is C7H16NO3P. The highest BCUT2D eigenvalue weighted by Crippen LogP contribution is 2.08. The Labute approximate surface area is 74.6 Å². The van der Waals surface area contributed by atoms with Gasteiger partial charge in [0.2, 0.25) is 0 Å². The molecule has 0 aliphatic rings. The van der Waals surface area contributed by atoms with E-state index in [2.05, 4.69) is 4.74 Å². The van der Waals surface area contributed by atoms with Gasteiger partial charge in [-0.2, -0.15) is 0 Å². The van der Waals surface area contributed by atoms with Gasteiger partial charge in [-0.15, -0.1) is 8.58 Å². The molecule has 0 aromatic carbocycles. The number of methoxy groups -OCH3 is 1. The molecule has 0 radical (unpaired) electrons. The first-order valence-corrected chi connectivity index (χ1v) is 5.28. The molecule has 0 aromatic heterocycles. The maximum atomic E-state index is 10.6. The summed E-state index contributed by atoms with van der Waals surface area (Å²) in [4.78, 5) is 10.6. The van der Waals surface area contributed by atoms with Crippen molar-refractivity contribution in [2.24, 2.45) is 5.73 Å². The molecular weight excluding hydrogens is 177 g/mol. The Kier molecular flexibility index (Phi) is 8.78. The zero-order valence-corrected chi connectivity index (χ0v) is 8.34. The molecule has 0 amide bonds. The Bertz CT molecular complexity index is 121. The van der Waals surface area contributed by atoms with E-state index in [0.717, 1.165) is 6.16 Å². The van der Waals surface area contributed by atoms with E-state index in [1.54, 1.807) is 0 Å². The van der Waals surface area contributed by atoms with Crippen LogP contribution in [0.4, 0.5) is 0 Å². The topological polar surface area (TPSA) is 61.5 Å². The van der Waals surface area contributed by atoms with Crippen molar-refractivity contribution in [3.05, 3.63) is 0 Å². The highest BCUT2D eigenvalue weighted by molar-refractivity contribution is 7.39. The molecule has 4 nitrogen and oxygen atoms in total. The minimum atomic E-state index is -0.146. The first kappa shape index (κ1) is 11.8. The first-order chi connectivity index (χ1) is 5.81. The van der Waals surface area contributed by atoms with Crippen molar-refractivity contribution < 1.29 is 14.3 Å². The Morgan fingerprint density at radius 1 is 1.50 bits per heavy atom. The largest absolute Gasteiger partial charge is 0.469 e. The molecule has 2 N–H and O–H groups in total. The predicted octanol–water partition coefficient (Wildman–Crippen LogP) is -0.187. The van der Waals surface area contributed by atoms with Gasteiger partial charge in [-0.1, -0.05) is 0 Å². The second-order valence-corrected chi connectivity index (χ2v) is 3.51. The molecule has 0 aromatic rings. The summed E-state index contributed by atoms with van der Waals surface area (Å²) in [5.74, 6) is -0.146. The van der Waals surface area contributed by atoms with Crippen LogP contribution in [0.25, 0.3) is 0 Å². The monoisotopic (exact) mass is 193 g/mol. The number of rotatable bonds is 7. The molecule has 12 heavy (non-hydrogen) atoms. The van der Waals surface area contributed by atoms with E-state index in [1.165, 1.54) is 7.11 Å².